The molecule has 0 atom stereocenters. The molecule has 0 aliphatic carbocycles. The van der Waals surface area contributed by atoms with Crippen molar-refractivity contribution in [1.82, 2.24) is 5.48 Å². The first-order valence-corrected chi connectivity index (χ1v) is 8.16. The molecule has 0 spiro atoms. The van der Waals surface area contributed by atoms with Crippen LogP contribution < -0.4 is 15.0 Å². The number of carbonyl (C=O) groups is 1. The summed E-state index contributed by atoms with van der Waals surface area (Å²) in [5, 5.41) is 0.411. The Morgan fingerprint density at radius 2 is 2.00 bits per heavy atom. The van der Waals surface area contributed by atoms with E-state index in [1.165, 1.54) is 13.2 Å². The third-order valence-corrected chi connectivity index (χ3v) is 3.50. The molecule has 0 aromatic heterocycles. The Labute approximate surface area is 152 Å². The summed E-state index contributed by atoms with van der Waals surface area (Å²) in [7, 11) is 1.52. The zero-order chi connectivity index (χ0) is 18.1. The van der Waals surface area contributed by atoms with Crippen LogP contribution in [-0.2, 0) is 16.2 Å². The van der Waals surface area contributed by atoms with Gasteiger partial charge < -0.3 is 9.47 Å². The van der Waals surface area contributed by atoms with Crippen LogP contribution in [0.1, 0.15) is 18.1 Å². The highest BCUT2D eigenvalue weighted by Crippen LogP contribution is 2.36. The van der Waals surface area contributed by atoms with Crippen LogP contribution in [0.25, 0.3) is 6.08 Å². The number of ether oxygens (including phenoxy) is 2. The number of rotatable bonds is 8. The van der Waals surface area contributed by atoms with Crippen molar-refractivity contribution in [2.75, 3.05) is 13.7 Å². The number of carbonyl (C=O) groups excluding carboxylic acids is 1. The third-order valence-electron chi connectivity index (χ3n) is 3.22. The average Bonchev–Trinajstić information content (AvgIpc) is 2.61. The minimum Gasteiger partial charge on any atom is -0.491 e. The molecule has 25 heavy (non-hydrogen) atoms. The first kappa shape index (κ1) is 18.8. The van der Waals surface area contributed by atoms with Gasteiger partial charge in [-0.05, 0) is 36.3 Å². The summed E-state index contributed by atoms with van der Waals surface area (Å²) in [5.74, 6) is 0.620. The molecule has 0 fully saturated rings. The first-order valence-electron chi connectivity index (χ1n) is 7.78. The molecule has 0 unspecified atom stereocenters. The predicted octanol–water partition coefficient (Wildman–Crippen LogP) is 4.01. The molecule has 6 heteroatoms. The summed E-state index contributed by atoms with van der Waals surface area (Å²) in [5.41, 5.74) is 4.05. The number of benzene rings is 2. The number of nitrogens with one attached hydrogen (secondary N) is 1. The van der Waals surface area contributed by atoms with Crippen LogP contribution >= 0.6 is 11.6 Å². The maximum Gasteiger partial charge on any atom is 0.267 e. The van der Waals surface area contributed by atoms with Gasteiger partial charge in [0.15, 0.2) is 11.5 Å². The van der Waals surface area contributed by atoms with Crippen molar-refractivity contribution in [2.24, 2.45) is 0 Å². The Bertz CT molecular complexity index is 732. The highest BCUT2D eigenvalue weighted by atomic mass is 35.5. The second-order valence-electron chi connectivity index (χ2n) is 5.04. The molecule has 1 N–H and O–H groups in total. The fourth-order valence-corrected chi connectivity index (χ4v) is 2.41. The van der Waals surface area contributed by atoms with Crippen LogP contribution in [0.4, 0.5) is 0 Å². The van der Waals surface area contributed by atoms with Crippen molar-refractivity contribution in [2.45, 2.75) is 13.5 Å². The lowest BCUT2D eigenvalue weighted by molar-refractivity contribution is -0.129. The minimum atomic E-state index is -0.374. The van der Waals surface area contributed by atoms with Gasteiger partial charge in [0.25, 0.3) is 5.91 Å². The van der Waals surface area contributed by atoms with Crippen LogP contribution in [-0.4, -0.2) is 19.6 Å². The topological polar surface area (TPSA) is 56.8 Å². The van der Waals surface area contributed by atoms with Gasteiger partial charge in [0.2, 0.25) is 0 Å². The maximum absolute atomic E-state index is 11.8. The lowest BCUT2D eigenvalue weighted by Crippen LogP contribution is -2.21. The average molecular weight is 362 g/mol. The molecule has 0 saturated carbocycles. The van der Waals surface area contributed by atoms with E-state index in [4.69, 9.17) is 25.9 Å². The van der Waals surface area contributed by atoms with E-state index in [2.05, 4.69) is 5.48 Å². The molecule has 0 bridgehead atoms. The van der Waals surface area contributed by atoms with Crippen molar-refractivity contribution in [3.05, 3.63) is 64.7 Å². The van der Waals surface area contributed by atoms with Crippen molar-refractivity contribution in [1.29, 1.82) is 0 Å². The fourth-order valence-electron chi connectivity index (χ4n) is 2.12. The van der Waals surface area contributed by atoms with E-state index in [0.29, 0.717) is 35.3 Å². The van der Waals surface area contributed by atoms with Gasteiger partial charge >= 0.3 is 0 Å². The molecule has 5 nitrogen and oxygen atoms in total. The molecule has 0 heterocycles. The highest BCUT2D eigenvalue weighted by molar-refractivity contribution is 6.32. The molecule has 2 rings (SSSR count). The van der Waals surface area contributed by atoms with Crippen LogP contribution in [0.2, 0.25) is 5.02 Å². The van der Waals surface area contributed by atoms with Gasteiger partial charge in [-0.3, -0.25) is 9.63 Å². The summed E-state index contributed by atoms with van der Waals surface area (Å²) in [6.07, 6.45) is 2.98. The second kappa shape index (κ2) is 9.71. The van der Waals surface area contributed by atoms with E-state index < -0.39 is 0 Å². The standard InChI is InChI=1S/C19H20ClNO4/c1-3-24-17-12-15(11-16(20)19(17)23-2)9-10-18(22)21-25-13-14-7-5-4-6-8-14/h4-12H,3,13H2,1-2H3,(H,21,22)/b10-9+. The quantitative estimate of drug-likeness (QED) is 0.570. The summed E-state index contributed by atoms with van der Waals surface area (Å²) < 4.78 is 10.7. The lowest BCUT2D eigenvalue weighted by Gasteiger charge is -2.11. The van der Waals surface area contributed by atoms with Gasteiger partial charge in [0.05, 0.1) is 25.3 Å². The number of hydrogen-bond donors (Lipinski definition) is 1. The number of halogens is 1. The van der Waals surface area contributed by atoms with E-state index in [-0.39, 0.29) is 5.91 Å². The lowest BCUT2D eigenvalue weighted by atomic mass is 10.2. The smallest absolute Gasteiger partial charge is 0.267 e. The number of hydrogen-bond acceptors (Lipinski definition) is 4. The Morgan fingerprint density at radius 1 is 1.24 bits per heavy atom. The van der Waals surface area contributed by atoms with Gasteiger partial charge in [-0.1, -0.05) is 41.9 Å². The molecule has 0 aliphatic rings. The monoisotopic (exact) mass is 361 g/mol. The van der Waals surface area contributed by atoms with E-state index in [1.54, 1.807) is 18.2 Å². The fraction of sp³-hybridized carbons (Fsp3) is 0.211. The van der Waals surface area contributed by atoms with Gasteiger partial charge in [0.1, 0.15) is 0 Å². The normalized spacial score (nSPS) is 10.7. The molecule has 0 aliphatic heterocycles. The highest BCUT2D eigenvalue weighted by Gasteiger charge is 2.10. The van der Waals surface area contributed by atoms with E-state index in [0.717, 1.165) is 5.56 Å². The SMILES string of the molecule is CCOc1cc(/C=C/C(=O)NOCc2ccccc2)cc(Cl)c1OC. The molecule has 2 aromatic rings. The number of hydroxylamine groups is 1. The number of amides is 1. The van der Waals surface area contributed by atoms with Crippen LogP contribution in [0.5, 0.6) is 11.5 Å². The van der Waals surface area contributed by atoms with Gasteiger partial charge in [-0.25, -0.2) is 5.48 Å². The first-order chi connectivity index (χ1) is 12.1. The van der Waals surface area contributed by atoms with E-state index in [9.17, 15) is 4.79 Å². The molecule has 2 aromatic carbocycles. The summed E-state index contributed by atoms with van der Waals surface area (Å²) in [6.45, 7) is 2.64. The summed E-state index contributed by atoms with van der Waals surface area (Å²) in [4.78, 5) is 17.0. The minimum absolute atomic E-state index is 0.295. The van der Waals surface area contributed by atoms with E-state index in [1.807, 2.05) is 37.3 Å². The molecular weight excluding hydrogens is 342 g/mol. The largest absolute Gasteiger partial charge is 0.491 e. The zero-order valence-corrected chi connectivity index (χ0v) is 14.9. The van der Waals surface area contributed by atoms with Crippen LogP contribution in [0.15, 0.2) is 48.5 Å². The van der Waals surface area contributed by atoms with Crippen LogP contribution in [0, 0.1) is 0 Å². The summed E-state index contributed by atoms with van der Waals surface area (Å²) >= 11 is 6.17. The zero-order valence-electron chi connectivity index (χ0n) is 14.1. The maximum atomic E-state index is 11.8. The molecule has 0 radical (unpaired) electrons. The Hall–Kier alpha value is -2.50. The van der Waals surface area contributed by atoms with Crippen molar-refractivity contribution in [3.63, 3.8) is 0 Å². The van der Waals surface area contributed by atoms with E-state index >= 15 is 0 Å². The third kappa shape index (κ3) is 5.81. The van der Waals surface area contributed by atoms with Crippen molar-refractivity contribution in [3.8, 4) is 11.5 Å². The molecule has 132 valence electrons. The molecule has 0 saturated heterocycles. The van der Waals surface area contributed by atoms with Crippen molar-refractivity contribution >= 4 is 23.6 Å². The Kier molecular flexibility index (Phi) is 7.32. The second-order valence-corrected chi connectivity index (χ2v) is 5.45. The molecule has 1 amide bonds. The summed E-state index contributed by atoms with van der Waals surface area (Å²) in [6, 6.07) is 13.0. The van der Waals surface area contributed by atoms with Gasteiger partial charge in [0, 0.05) is 6.08 Å². The number of methoxy groups -OCH3 is 1. The molecular formula is C19H20ClNO4. The van der Waals surface area contributed by atoms with Gasteiger partial charge in [-0.15, -0.1) is 0 Å². The van der Waals surface area contributed by atoms with Gasteiger partial charge in [-0.2, -0.15) is 0 Å². The van der Waals surface area contributed by atoms with Crippen molar-refractivity contribution < 1.29 is 19.1 Å². The predicted molar refractivity (Wildman–Crippen MR) is 97.6 cm³/mol. The Morgan fingerprint density at radius 3 is 2.68 bits per heavy atom. The Balaban J connectivity index is 1.94. The van der Waals surface area contributed by atoms with Crippen LogP contribution in [0.3, 0.4) is 0 Å².